The van der Waals surface area contributed by atoms with Crippen LogP contribution in [0.2, 0.25) is 0 Å². The summed E-state index contributed by atoms with van der Waals surface area (Å²) in [5.41, 5.74) is -0.327. The van der Waals surface area contributed by atoms with Crippen LogP contribution in [-0.2, 0) is 9.31 Å². The first-order valence-electron chi connectivity index (χ1n) is 8.90. The molecule has 0 unspecified atom stereocenters. The summed E-state index contributed by atoms with van der Waals surface area (Å²) in [5.74, 6) is 0. The number of carbonyl (C=O) groups is 1. The Kier molecular flexibility index (Phi) is 3.72. The van der Waals surface area contributed by atoms with Gasteiger partial charge in [-0.3, -0.25) is 4.90 Å². The van der Waals surface area contributed by atoms with E-state index in [-0.39, 0.29) is 29.8 Å². The summed E-state index contributed by atoms with van der Waals surface area (Å²) in [4.78, 5) is 13.6. The van der Waals surface area contributed by atoms with Crippen LogP contribution in [-0.4, -0.2) is 46.0 Å². The molecule has 0 aromatic heterocycles. The first-order chi connectivity index (χ1) is 10.8. The van der Waals surface area contributed by atoms with E-state index in [0.29, 0.717) is 6.42 Å². The molecular weight excluding hydrogens is 305 g/mol. The van der Waals surface area contributed by atoms with Gasteiger partial charge in [0.05, 0.1) is 16.7 Å². The van der Waals surface area contributed by atoms with E-state index >= 15 is 0 Å². The first-order valence-corrected chi connectivity index (χ1v) is 8.90. The smallest absolute Gasteiger partial charge is 0.465 e. The van der Waals surface area contributed by atoms with Crippen LogP contribution in [0.4, 0.5) is 4.79 Å². The minimum Gasteiger partial charge on any atom is -0.465 e. The monoisotopic (exact) mass is 335 g/mol. The van der Waals surface area contributed by atoms with Gasteiger partial charge >= 0.3 is 13.2 Å². The molecule has 0 aromatic rings. The van der Waals surface area contributed by atoms with E-state index in [2.05, 4.69) is 26.8 Å². The molecule has 2 atom stereocenters. The average Bonchev–Trinajstić information content (AvgIpc) is 2.77. The van der Waals surface area contributed by atoms with Crippen LogP contribution < -0.4 is 0 Å². The van der Waals surface area contributed by atoms with Crippen LogP contribution in [0.5, 0.6) is 0 Å². The SMILES string of the molecule is CC1(C)OB(C2=C[C@@]3(C(C)(C)C)CC[C@@H](C2)N3C(=O)O)OC1(C)C. The van der Waals surface area contributed by atoms with Crippen molar-refractivity contribution in [2.24, 2.45) is 5.41 Å². The molecule has 134 valence electrons. The third kappa shape index (κ3) is 2.33. The Morgan fingerprint density at radius 1 is 1.25 bits per heavy atom. The number of nitrogens with zero attached hydrogens (tertiary/aromatic N) is 1. The topological polar surface area (TPSA) is 59.0 Å². The molecule has 0 saturated carbocycles. The van der Waals surface area contributed by atoms with E-state index in [1.54, 1.807) is 4.90 Å². The highest BCUT2D eigenvalue weighted by molar-refractivity contribution is 6.54. The van der Waals surface area contributed by atoms with Gasteiger partial charge in [-0.05, 0) is 57.8 Å². The number of fused-ring (bicyclic) bond motifs is 2. The third-order valence-corrected chi connectivity index (χ3v) is 6.61. The van der Waals surface area contributed by atoms with Gasteiger partial charge in [0.25, 0.3) is 0 Å². The molecule has 6 heteroatoms. The second-order valence-corrected chi connectivity index (χ2v) is 9.53. The van der Waals surface area contributed by atoms with Crippen molar-refractivity contribution in [3.8, 4) is 0 Å². The summed E-state index contributed by atoms with van der Waals surface area (Å²) in [6.45, 7) is 14.6. The molecule has 0 aromatic carbocycles. The predicted molar refractivity (Wildman–Crippen MR) is 93.9 cm³/mol. The Balaban J connectivity index is 2.01. The molecule has 3 rings (SSSR count). The summed E-state index contributed by atoms with van der Waals surface area (Å²) in [5, 5.41) is 9.80. The highest BCUT2D eigenvalue weighted by Gasteiger charge is 2.60. The molecule has 3 aliphatic heterocycles. The van der Waals surface area contributed by atoms with E-state index in [9.17, 15) is 9.90 Å². The van der Waals surface area contributed by atoms with Crippen molar-refractivity contribution in [3.05, 3.63) is 11.5 Å². The molecular formula is C18H30BNO4. The Labute approximate surface area is 145 Å². The molecule has 3 heterocycles. The summed E-state index contributed by atoms with van der Waals surface area (Å²) >= 11 is 0. The van der Waals surface area contributed by atoms with Crippen LogP contribution in [0, 0.1) is 5.41 Å². The second kappa shape index (κ2) is 5.01. The number of hydrogen-bond donors (Lipinski definition) is 1. The molecule has 5 nitrogen and oxygen atoms in total. The van der Waals surface area contributed by atoms with Crippen molar-refractivity contribution in [2.45, 2.75) is 90.5 Å². The standard InChI is InChI=1S/C18H30BNO4/c1-15(2,3)18-9-8-13(20(18)14(21)22)10-12(11-18)19-23-16(4,5)17(6,7)24-19/h11,13H,8-10H2,1-7H3,(H,21,22)/t13-,18+/m0/s1. The molecule has 2 saturated heterocycles. The van der Waals surface area contributed by atoms with Gasteiger partial charge in [0.2, 0.25) is 0 Å². The average molecular weight is 335 g/mol. The fourth-order valence-corrected chi connectivity index (χ4v) is 4.37. The normalized spacial score (nSPS) is 34.5. The summed E-state index contributed by atoms with van der Waals surface area (Å²) in [7, 11) is -0.381. The van der Waals surface area contributed by atoms with Gasteiger partial charge in [-0.25, -0.2) is 4.79 Å². The lowest BCUT2D eigenvalue weighted by Crippen LogP contribution is -2.59. The van der Waals surface area contributed by atoms with Crippen molar-refractivity contribution in [3.63, 3.8) is 0 Å². The van der Waals surface area contributed by atoms with Crippen LogP contribution >= 0.6 is 0 Å². The van der Waals surface area contributed by atoms with Crippen molar-refractivity contribution in [1.29, 1.82) is 0 Å². The quantitative estimate of drug-likeness (QED) is 0.739. The molecule has 1 N–H and O–H groups in total. The molecule has 0 spiro atoms. The lowest BCUT2D eigenvalue weighted by Gasteiger charge is -2.49. The van der Waals surface area contributed by atoms with E-state index in [1.807, 2.05) is 27.7 Å². The summed E-state index contributed by atoms with van der Waals surface area (Å²) in [6, 6.07) is 0.0146. The molecule has 3 aliphatic rings. The maximum atomic E-state index is 11.9. The number of hydrogen-bond acceptors (Lipinski definition) is 3. The first kappa shape index (κ1) is 17.8. The second-order valence-electron chi connectivity index (χ2n) is 9.53. The molecule has 0 radical (unpaired) electrons. The highest BCUT2D eigenvalue weighted by Crippen LogP contribution is 2.53. The van der Waals surface area contributed by atoms with Gasteiger partial charge in [-0.1, -0.05) is 26.8 Å². The maximum Gasteiger partial charge on any atom is 0.490 e. The molecule has 1 amide bonds. The number of amides is 1. The molecule has 24 heavy (non-hydrogen) atoms. The Morgan fingerprint density at radius 3 is 2.25 bits per heavy atom. The Hall–Kier alpha value is -1.01. The van der Waals surface area contributed by atoms with Crippen LogP contribution in [0.15, 0.2) is 11.5 Å². The fourth-order valence-electron chi connectivity index (χ4n) is 4.37. The van der Waals surface area contributed by atoms with Gasteiger partial charge in [-0.2, -0.15) is 0 Å². The van der Waals surface area contributed by atoms with Gasteiger partial charge in [-0.15, -0.1) is 0 Å². The maximum absolute atomic E-state index is 11.9. The number of rotatable bonds is 1. The Morgan fingerprint density at radius 2 is 1.79 bits per heavy atom. The van der Waals surface area contributed by atoms with E-state index in [1.165, 1.54) is 0 Å². The van der Waals surface area contributed by atoms with Gasteiger partial charge < -0.3 is 14.4 Å². The molecule has 2 bridgehead atoms. The lowest BCUT2D eigenvalue weighted by atomic mass is 9.65. The minimum atomic E-state index is -0.823. The van der Waals surface area contributed by atoms with Gasteiger partial charge in [0.15, 0.2) is 0 Å². The highest BCUT2D eigenvalue weighted by atomic mass is 16.7. The van der Waals surface area contributed by atoms with Crippen LogP contribution in [0.1, 0.15) is 67.7 Å². The van der Waals surface area contributed by atoms with Crippen molar-refractivity contribution in [2.75, 3.05) is 0 Å². The van der Waals surface area contributed by atoms with Gasteiger partial charge in [0.1, 0.15) is 0 Å². The van der Waals surface area contributed by atoms with Crippen LogP contribution in [0.3, 0.4) is 0 Å². The zero-order chi connectivity index (χ0) is 18.1. The fraction of sp³-hybridized carbons (Fsp3) is 0.833. The zero-order valence-corrected chi connectivity index (χ0v) is 16.0. The Bertz CT molecular complexity index is 576. The van der Waals surface area contributed by atoms with E-state index in [0.717, 1.165) is 18.3 Å². The van der Waals surface area contributed by atoms with Crippen molar-refractivity contribution < 1.29 is 19.2 Å². The zero-order valence-electron chi connectivity index (χ0n) is 16.0. The molecule has 2 fully saturated rings. The lowest BCUT2D eigenvalue weighted by molar-refractivity contribution is 0.00578. The van der Waals surface area contributed by atoms with Crippen molar-refractivity contribution >= 4 is 13.2 Å². The van der Waals surface area contributed by atoms with Crippen LogP contribution in [0.25, 0.3) is 0 Å². The van der Waals surface area contributed by atoms with E-state index in [4.69, 9.17) is 9.31 Å². The summed E-state index contributed by atoms with van der Waals surface area (Å²) in [6.07, 6.45) is 3.77. The predicted octanol–water partition coefficient (Wildman–Crippen LogP) is 3.88. The minimum absolute atomic E-state index is 0.0146. The van der Waals surface area contributed by atoms with Gasteiger partial charge in [0, 0.05) is 6.04 Å². The molecule has 0 aliphatic carbocycles. The number of carboxylic acid groups (broad SMARTS) is 1. The largest absolute Gasteiger partial charge is 0.490 e. The summed E-state index contributed by atoms with van der Waals surface area (Å²) < 4.78 is 12.4. The van der Waals surface area contributed by atoms with E-state index < -0.39 is 11.6 Å². The van der Waals surface area contributed by atoms with Crippen molar-refractivity contribution in [1.82, 2.24) is 4.90 Å². The third-order valence-electron chi connectivity index (χ3n) is 6.61.